The number of rotatable bonds is 8. The van der Waals surface area contributed by atoms with Crippen molar-refractivity contribution in [2.24, 2.45) is 0 Å². The van der Waals surface area contributed by atoms with Crippen molar-refractivity contribution in [1.82, 2.24) is 5.32 Å². The van der Waals surface area contributed by atoms with Crippen LogP contribution in [0.5, 0.6) is 0 Å². The molecule has 0 aliphatic heterocycles. The Bertz CT molecular complexity index is 401. The Morgan fingerprint density at radius 2 is 2.16 bits per heavy atom. The zero-order valence-corrected chi connectivity index (χ0v) is 12.1. The van der Waals surface area contributed by atoms with Crippen LogP contribution < -0.4 is 5.32 Å². The summed E-state index contributed by atoms with van der Waals surface area (Å²) in [5.41, 5.74) is 0. The van der Waals surface area contributed by atoms with E-state index in [1.54, 1.807) is 25.1 Å². The molecule has 0 bridgehead atoms. The van der Waals surface area contributed by atoms with Crippen molar-refractivity contribution in [1.29, 1.82) is 0 Å². The molecule has 1 atom stereocenters. The van der Waals surface area contributed by atoms with Gasteiger partial charge in [0.2, 0.25) is 0 Å². The van der Waals surface area contributed by atoms with E-state index < -0.39 is 6.04 Å². The molecular weight excluding hydrogens is 265 g/mol. The second-order valence-electron chi connectivity index (χ2n) is 4.00. The number of benzene rings is 1. The van der Waals surface area contributed by atoms with Gasteiger partial charge in [0.15, 0.2) is 0 Å². The highest BCUT2D eigenvalue weighted by atomic mass is 32.2. The standard InChI is InChI=1S/C14H20FNO2S/c1-3-9-16-12(14(17)18-4-2)10-19-13-8-6-5-7-11(13)15/h5-8,12,16H,3-4,9-10H2,1-2H3. The topological polar surface area (TPSA) is 38.3 Å². The van der Waals surface area contributed by atoms with Gasteiger partial charge in [-0.25, -0.2) is 4.39 Å². The van der Waals surface area contributed by atoms with Crippen LogP contribution in [-0.4, -0.2) is 30.9 Å². The fraction of sp³-hybridized carbons (Fsp3) is 0.500. The molecular formula is C14H20FNO2S. The van der Waals surface area contributed by atoms with Crippen LogP contribution in [0, 0.1) is 5.82 Å². The number of hydrogen-bond donors (Lipinski definition) is 1. The second kappa shape index (κ2) is 8.93. The van der Waals surface area contributed by atoms with E-state index in [1.807, 2.05) is 6.92 Å². The van der Waals surface area contributed by atoms with Gasteiger partial charge >= 0.3 is 5.97 Å². The minimum Gasteiger partial charge on any atom is -0.465 e. The van der Waals surface area contributed by atoms with Gasteiger partial charge in [-0.3, -0.25) is 4.79 Å². The molecule has 5 heteroatoms. The van der Waals surface area contributed by atoms with Crippen LogP contribution >= 0.6 is 11.8 Å². The van der Waals surface area contributed by atoms with Crippen LogP contribution in [0.15, 0.2) is 29.2 Å². The summed E-state index contributed by atoms with van der Waals surface area (Å²) in [7, 11) is 0. The zero-order chi connectivity index (χ0) is 14.1. The third kappa shape index (κ3) is 5.61. The third-order valence-corrected chi connectivity index (χ3v) is 3.60. The minimum atomic E-state index is -0.399. The quantitative estimate of drug-likeness (QED) is 0.589. The molecule has 0 heterocycles. The lowest BCUT2D eigenvalue weighted by molar-refractivity contribution is -0.144. The lowest BCUT2D eigenvalue weighted by Crippen LogP contribution is -2.40. The first-order valence-electron chi connectivity index (χ1n) is 6.46. The van der Waals surface area contributed by atoms with Gasteiger partial charge in [-0.1, -0.05) is 19.1 Å². The number of hydrogen-bond acceptors (Lipinski definition) is 4. The van der Waals surface area contributed by atoms with Gasteiger partial charge < -0.3 is 10.1 Å². The van der Waals surface area contributed by atoms with Crippen LogP contribution in [0.4, 0.5) is 4.39 Å². The van der Waals surface area contributed by atoms with Crippen molar-refractivity contribution >= 4 is 17.7 Å². The Balaban J connectivity index is 2.57. The molecule has 1 aromatic carbocycles. The molecule has 0 aromatic heterocycles. The van der Waals surface area contributed by atoms with E-state index in [0.717, 1.165) is 13.0 Å². The Labute approximate surface area is 117 Å². The van der Waals surface area contributed by atoms with E-state index >= 15 is 0 Å². The van der Waals surface area contributed by atoms with Gasteiger partial charge in [-0.2, -0.15) is 0 Å². The summed E-state index contributed by atoms with van der Waals surface area (Å²) in [5, 5.41) is 3.13. The highest BCUT2D eigenvalue weighted by molar-refractivity contribution is 7.99. The van der Waals surface area contributed by atoms with Crippen molar-refractivity contribution in [3.63, 3.8) is 0 Å². The normalized spacial score (nSPS) is 12.2. The summed E-state index contributed by atoms with van der Waals surface area (Å²) in [5.74, 6) is -0.0786. The number of nitrogens with one attached hydrogen (secondary N) is 1. The predicted octanol–water partition coefficient (Wildman–Crippen LogP) is 2.85. The monoisotopic (exact) mass is 285 g/mol. The number of carbonyl (C=O) groups is 1. The summed E-state index contributed by atoms with van der Waals surface area (Å²) < 4.78 is 18.5. The molecule has 0 fully saturated rings. The minimum absolute atomic E-state index is 0.259. The molecule has 106 valence electrons. The number of carbonyl (C=O) groups excluding carboxylic acids is 1. The largest absolute Gasteiger partial charge is 0.465 e. The molecule has 0 saturated carbocycles. The van der Waals surface area contributed by atoms with E-state index in [4.69, 9.17) is 4.74 Å². The first-order chi connectivity index (χ1) is 9.19. The van der Waals surface area contributed by atoms with E-state index in [9.17, 15) is 9.18 Å². The van der Waals surface area contributed by atoms with Gasteiger partial charge in [0.1, 0.15) is 11.9 Å². The SMILES string of the molecule is CCCNC(CSc1ccccc1F)C(=O)OCC. The van der Waals surface area contributed by atoms with Crippen LogP contribution in [0.3, 0.4) is 0 Å². The maximum Gasteiger partial charge on any atom is 0.323 e. The molecule has 1 rings (SSSR count). The number of ether oxygens (including phenoxy) is 1. The van der Waals surface area contributed by atoms with Gasteiger partial charge in [0.05, 0.1) is 6.61 Å². The molecule has 3 nitrogen and oxygen atoms in total. The molecule has 0 amide bonds. The van der Waals surface area contributed by atoms with Crippen molar-refractivity contribution in [2.75, 3.05) is 18.9 Å². The molecule has 0 aliphatic rings. The third-order valence-electron chi connectivity index (χ3n) is 2.45. The van der Waals surface area contributed by atoms with Crippen molar-refractivity contribution in [3.8, 4) is 0 Å². The van der Waals surface area contributed by atoms with Crippen LogP contribution in [0.2, 0.25) is 0 Å². The number of halogens is 1. The number of thioether (sulfide) groups is 1. The second-order valence-corrected chi connectivity index (χ2v) is 5.06. The molecule has 19 heavy (non-hydrogen) atoms. The average Bonchev–Trinajstić information content (AvgIpc) is 2.41. The molecule has 1 unspecified atom stereocenters. The molecule has 0 spiro atoms. The fourth-order valence-electron chi connectivity index (χ4n) is 1.51. The highest BCUT2D eigenvalue weighted by Gasteiger charge is 2.19. The van der Waals surface area contributed by atoms with Gasteiger partial charge in [0.25, 0.3) is 0 Å². The molecule has 1 N–H and O–H groups in total. The Kier molecular flexibility index (Phi) is 7.52. The van der Waals surface area contributed by atoms with E-state index in [-0.39, 0.29) is 11.8 Å². The van der Waals surface area contributed by atoms with Crippen molar-refractivity contribution < 1.29 is 13.9 Å². The maximum atomic E-state index is 13.5. The smallest absolute Gasteiger partial charge is 0.323 e. The summed E-state index contributed by atoms with van der Waals surface area (Å²) >= 11 is 1.32. The first kappa shape index (κ1) is 16.0. The van der Waals surface area contributed by atoms with Gasteiger partial charge in [-0.05, 0) is 32.0 Å². The molecule has 1 aromatic rings. The van der Waals surface area contributed by atoms with Crippen LogP contribution in [-0.2, 0) is 9.53 Å². The summed E-state index contributed by atoms with van der Waals surface area (Å²) in [6.07, 6.45) is 0.931. The lowest BCUT2D eigenvalue weighted by Gasteiger charge is -2.16. The average molecular weight is 285 g/mol. The molecule has 0 saturated heterocycles. The number of esters is 1. The van der Waals surface area contributed by atoms with Gasteiger partial charge in [0, 0.05) is 10.6 Å². The highest BCUT2D eigenvalue weighted by Crippen LogP contribution is 2.22. The maximum absolute atomic E-state index is 13.5. The van der Waals surface area contributed by atoms with Gasteiger partial charge in [-0.15, -0.1) is 11.8 Å². The van der Waals surface area contributed by atoms with E-state index in [1.165, 1.54) is 17.8 Å². The lowest BCUT2D eigenvalue weighted by atomic mass is 10.3. The fourth-order valence-corrected chi connectivity index (χ4v) is 2.49. The summed E-state index contributed by atoms with van der Waals surface area (Å²) in [4.78, 5) is 12.3. The van der Waals surface area contributed by atoms with Crippen LogP contribution in [0.25, 0.3) is 0 Å². The molecule has 0 aliphatic carbocycles. The van der Waals surface area contributed by atoms with Crippen molar-refractivity contribution in [3.05, 3.63) is 30.1 Å². The Morgan fingerprint density at radius 1 is 1.42 bits per heavy atom. The summed E-state index contributed by atoms with van der Waals surface area (Å²) in [6.45, 7) is 4.90. The first-order valence-corrected chi connectivity index (χ1v) is 7.45. The van der Waals surface area contributed by atoms with E-state index in [2.05, 4.69) is 5.32 Å². The van der Waals surface area contributed by atoms with Crippen LogP contribution in [0.1, 0.15) is 20.3 Å². The Hall–Kier alpha value is -1.07. The Morgan fingerprint density at radius 3 is 2.79 bits per heavy atom. The molecule has 0 radical (unpaired) electrons. The zero-order valence-electron chi connectivity index (χ0n) is 11.3. The summed E-state index contributed by atoms with van der Waals surface area (Å²) in [6, 6.07) is 6.16. The van der Waals surface area contributed by atoms with Crippen molar-refractivity contribution in [2.45, 2.75) is 31.2 Å². The predicted molar refractivity (Wildman–Crippen MR) is 75.8 cm³/mol. The van der Waals surface area contributed by atoms with E-state index in [0.29, 0.717) is 17.3 Å².